The second kappa shape index (κ2) is 10.7. The third-order valence-electron chi connectivity index (χ3n) is 4.65. The molecule has 0 heterocycles. The van der Waals surface area contributed by atoms with Crippen LogP contribution in [0.15, 0.2) is 12.1 Å². The molecule has 0 spiro atoms. The topological polar surface area (TPSA) is 85.1 Å². The summed E-state index contributed by atoms with van der Waals surface area (Å²) in [7, 11) is 1.63. The highest BCUT2D eigenvalue weighted by molar-refractivity contribution is 6.15. The molecule has 0 unspecified atom stereocenters. The summed E-state index contributed by atoms with van der Waals surface area (Å²) in [4.78, 5) is 32.3. The van der Waals surface area contributed by atoms with Gasteiger partial charge in [0.05, 0.1) is 7.05 Å². The summed E-state index contributed by atoms with van der Waals surface area (Å²) in [5, 5.41) is 2.67. The van der Waals surface area contributed by atoms with Crippen LogP contribution in [0.5, 0.6) is 0 Å². The van der Waals surface area contributed by atoms with Gasteiger partial charge in [-0.05, 0) is 86.4 Å². The molecule has 2 N–H and O–H groups in total. The molecule has 0 aliphatic heterocycles. The Kier molecular flexibility index (Phi) is 9.12. The highest BCUT2D eigenvalue weighted by Gasteiger charge is 2.37. The van der Waals surface area contributed by atoms with E-state index in [4.69, 9.17) is 9.47 Å². The zero-order valence-corrected chi connectivity index (χ0v) is 21.6. The highest BCUT2D eigenvalue weighted by atomic mass is 16.6. The van der Waals surface area contributed by atoms with Gasteiger partial charge >= 0.3 is 18.1 Å². The lowest BCUT2D eigenvalue weighted by Gasteiger charge is -2.27. The first-order valence-electron chi connectivity index (χ1n) is 11.1. The SMILES string of the molecule is CCN(CC)c1cc(C)c(C)c(N(C(=O)OC(C)(C)C)C(NC(=O)OC(C)(C)C)=[NH+]C)c1. The van der Waals surface area contributed by atoms with Crippen molar-refractivity contribution in [3.8, 4) is 0 Å². The van der Waals surface area contributed by atoms with Crippen molar-refractivity contribution in [2.75, 3.05) is 29.9 Å². The van der Waals surface area contributed by atoms with Crippen LogP contribution in [0.4, 0.5) is 21.0 Å². The molecule has 1 aromatic carbocycles. The minimum atomic E-state index is -0.723. The number of nitrogens with one attached hydrogen (secondary N) is 2. The van der Waals surface area contributed by atoms with Crippen LogP contribution in [0.3, 0.4) is 0 Å². The van der Waals surface area contributed by atoms with Crippen molar-refractivity contribution in [3.63, 3.8) is 0 Å². The number of ether oxygens (including phenoxy) is 2. The number of rotatable bonds is 4. The molecule has 8 nitrogen and oxygen atoms in total. The van der Waals surface area contributed by atoms with Crippen molar-refractivity contribution in [2.24, 2.45) is 0 Å². The van der Waals surface area contributed by atoms with Crippen LogP contribution in [0, 0.1) is 13.8 Å². The first-order valence-corrected chi connectivity index (χ1v) is 11.1. The Bertz CT molecular complexity index is 847. The average Bonchev–Trinajstić information content (AvgIpc) is 2.62. The normalized spacial score (nSPS) is 12.3. The molecule has 8 heteroatoms. The minimum Gasteiger partial charge on any atom is -0.432 e. The molecule has 0 atom stereocenters. The second-order valence-corrected chi connectivity index (χ2v) is 9.62. The minimum absolute atomic E-state index is 0.146. The van der Waals surface area contributed by atoms with E-state index in [2.05, 4.69) is 35.1 Å². The predicted octanol–water partition coefficient (Wildman–Crippen LogP) is 3.48. The number of hydrogen-bond acceptors (Lipinski definition) is 5. The van der Waals surface area contributed by atoms with Gasteiger partial charge in [0, 0.05) is 24.8 Å². The van der Waals surface area contributed by atoms with Gasteiger partial charge in [0.15, 0.2) is 0 Å². The number of carbonyl (C=O) groups excluding carboxylic acids is 2. The quantitative estimate of drug-likeness (QED) is 0.543. The van der Waals surface area contributed by atoms with Gasteiger partial charge in [-0.15, -0.1) is 4.90 Å². The van der Waals surface area contributed by atoms with E-state index in [1.807, 2.05) is 19.9 Å². The van der Waals surface area contributed by atoms with Crippen LogP contribution in [0.2, 0.25) is 0 Å². The van der Waals surface area contributed by atoms with E-state index in [0.29, 0.717) is 5.69 Å². The third-order valence-corrected chi connectivity index (χ3v) is 4.65. The lowest BCUT2D eigenvalue weighted by Crippen LogP contribution is -2.78. The Labute approximate surface area is 193 Å². The predicted molar refractivity (Wildman–Crippen MR) is 129 cm³/mol. The van der Waals surface area contributed by atoms with Crippen molar-refractivity contribution in [1.82, 2.24) is 5.32 Å². The standard InChI is InChI=1S/C24H40N4O4/c1-12-27(13-2)18-14-16(3)17(4)19(15-18)28(22(30)32-24(8,9)10)20(25-11)26-21(29)31-23(5,6)7/h14-15H,12-13H2,1-11H3,(H,25,26,29)/p+1. The van der Waals surface area contributed by atoms with Crippen LogP contribution in [-0.4, -0.2) is 49.5 Å². The van der Waals surface area contributed by atoms with E-state index >= 15 is 0 Å². The lowest BCUT2D eigenvalue weighted by atomic mass is 10.1. The monoisotopic (exact) mass is 449 g/mol. The van der Waals surface area contributed by atoms with Crippen molar-refractivity contribution in [1.29, 1.82) is 0 Å². The molecule has 0 aromatic heterocycles. The zero-order chi connectivity index (χ0) is 24.9. The molecule has 0 saturated carbocycles. The van der Waals surface area contributed by atoms with E-state index in [-0.39, 0.29) is 5.96 Å². The van der Waals surface area contributed by atoms with Gasteiger partial charge in [-0.2, -0.15) is 5.32 Å². The summed E-state index contributed by atoms with van der Waals surface area (Å²) < 4.78 is 11.1. The third kappa shape index (κ3) is 7.73. The number of hydrogen-bond donors (Lipinski definition) is 2. The molecule has 0 radical (unpaired) electrons. The van der Waals surface area contributed by atoms with Crippen LogP contribution in [0.25, 0.3) is 0 Å². The fourth-order valence-corrected chi connectivity index (χ4v) is 3.07. The number of amides is 2. The van der Waals surface area contributed by atoms with Crippen LogP contribution < -0.4 is 20.1 Å². The molecular formula is C24H41N4O4+. The summed E-state index contributed by atoms with van der Waals surface area (Å²) in [5.74, 6) is 0.146. The molecular weight excluding hydrogens is 408 g/mol. The largest absolute Gasteiger partial charge is 0.484 e. The maximum absolute atomic E-state index is 13.3. The van der Waals surface area contributed by atoms with E-state index in [1.165, 1.54) is 4.90 Å². The van der Waals surface area contributed by atoms with Crippen molar-refractivity contribution < 1.29 is 24.1 Å². The van der Waals surface area contributed by atoms with E-state index in [9.17, 15) is 9.59 Å². The summed E-state index contributed by atoms with van der Waals surface area (Å²) in [5.41, 5.74) is 2.10. The van der Waals surface area contributed by atoms with Gasteiger partial charge in [-0.3, -0.25) is 4.99 Å². The van der Waals surface area contributed by atoms with Crippen molar-refractivity contribution >= 4 is 29.5 Å². The zero-order valence-electron chi connectivity index (χ0n) is 21.6. The fraction of sp³-hybridized carbons (Fsp3) is 0.625. The lowest BCUT2D eigenvalue weighted by molar-refractivity contribution is -0.422. The van der Waals surface area contributed by atoms with Gasteiger partial charge in [0.2, 0.25) is 0 Å². The molecule has 0 saturated heterocycles. The molecule has 180 valence electrons. The summed E-state index contributed by atoms with van der Waals surface area (Å²) >= 11 is 0. The average molecular weight is 450 g/mol. The highest BCUT2D eigenvalue weighted by Crippen LogP contribution is 2.31. The molecule has 2 amide bonds. The molecule has 32 heavy (non-hydrogen) atoms. The Morgan fingerprint density at radius 1 is 0.969 bits per heavy atom. The summed E-state index contributed by atoms with van der Waals surface area (Å²) in [6.45, 7) is 20.5. The van der Waals surface area contributed by atoms with Gasteiger partial charge in [0.1, 0.15) is 16.9 Å². The number of benzene rings is 1. The number of nitrogens with zero attached hydrogens (tertiary/aromatic N) is 2. The molecule has 0 fully saturated rings. The number of guanidine groups is 1. The summed E-state index contributed by atoms with van der Waals surface area (Å²) in [6.07, 6.45) is -1.29. The second-order valence-electron chi connectivity index (χ2n) is 9.62. The fourth-order valence-electron chi connectivity index (χ4n) is 3.07. The molecule has 1 aromatic rings. The first kappa shape index (κ1) is 27.3. The van der Waals surface area contributed by atoms with Gasteiger partial charge in [-0.1, -0.05) is 0 Å². The van der Waals surface area contributed by atoms with Crippen LogP contribution in [-0.2, 0) is 9.47 Å². The Hall–Kier alpha value is -2.77. The first-order chi connectivity index (χ1) is 14.6. The van der Waals surface area contributed by atoms with Crippen molar-refractivity contribution in [3.05, 3.63) is 23.3 Å². The summed E-state index contributed by atoms with van der Waals surface area (Å²) in [6, 6.07) is 4.03. The molecule has 1 rings (SSSR count). The Morgan fingerprint density at radius 3 is 1.94 bits per heavy atom. The Morgan fingerprint density at radius 2 is 1.50 bits per heavy atom. The van der Waals surface area contributed by atoms with Crippen LogP contribution in [0.1, 0.15) is 66.5 Å². The van der Waals surface area contributed by atoms with E-state index in [0.717, 1.165) is 29.9 Å². The smallest absolute Gasteiger partial charge is 0.432 e. The number of alkyl carbamates (subject to hydrolysis) is 1. The van der Waals surface area contributed by atoms with Crippen LogP contribution >= 0.6 is 0 Å². The molecule has 0 bridgehead atoms. The van der Waals surface area contributed by atoms with Crippen molar-refractivity contribution in [2.45, 2.75) is 80.4 Å². The molecule has 0 aliphatic rings. The number of aryl methyl sites for hydroxylation is 1. The Balaban J connectivity index is 3.60. The number of carbonyl (C=O) groups is 2. The maximum Gasteiger partial charge on any atom is 0.484 e. The number of anilines is 2. The van der Waals surface area contributed by atoms with Gasteiger partial charge in [0.25, 0.3) is 0 Å². The van der Waals surface area contributed by atoms with E-state index in [1.54, 1.807) is 48.6 Å². The van der Waals surface area contributed by atoms with Gasteiger partial charge < -0.3 is 14.4 Å². The van der Waals surface area contributed by atoms with E-state index < -0.39 is 23.4 Å². The molecule has 0 aliphatic carbocycles. The van der Waals surface area contributed by atoms with Gasteiger partial charge in [-0.25, -0.2) is 9.59 Å². The maximum atomic E-state index is 13.3.